The van der Waals surface area contributed by atoms with Crippen molar-refractivity contribution in [2.75, 3.05) is 10.6 Å². The van der Waals surface area contributed by atoms with Crippen molar-refractivity contribution in [2.45, 2.75) is 37.3 Å². The van der Waals surface area contributed by atoms with Gasteiger partial charge in [-0.3, -0.25) is 14.4 Å². The number of benzene rings is 4. The summed E-state index contributed by atoms with van der Waals surface area (Å²) in [5.41, 5.74) is 4.32. The van der Waals surface area contributed by atoms with E-state index in [1.165, 1.54) is 17.8 Å². The molecule has 0 saturated heterocycles. The van der Waals surface area contributed by atoms with Crippen LogP contribution in [0.4, 0.5) is 11.4 Å². The second-order valence-electron chi connectivity index (χ2n) is 9.85. The number of hydrogen-bond donors (Lipinski definition) is 3. The van der Waals surface area contributed by atoms with Crippen molar-refractivity contribution in [3.05, 3.63) is 129 Å². The molecule has 4 aromatic rings. The summed E-state index contributed by atoms with van der Waals surface area (Å²) in [6.07, 6.45) is 2.11. The number of hydrogen-bond acceptors (Lipinski definition) is 4. The van der Waals surface area contributed by atoms with Crippen LogP contribution in [0.1, 0.15) is 40.4 Å². The summed E-state index contributed by atoms with van der Waals surface area (Å²) in [4.78, 5) is 40.4. The van der Waals surface area contributed by atoms with Gasteiger partial charge in [0.1, 0.15) is 5.70 Å². The maximum absolute atomic E-state index is 13.5. The highest BCUT2D eigenvalue weighted by atomic mass is 35.5. The molecule has 0 saturated carbocycles. The van der Waals surface area contributed by atoms with E-state index in [0.29, 0.717) is 33.3 Å². The van der Waals surface area contributed by atoms with Crippen molar-refractivity contribution < 1.29 is 14.4 Å². The van der Waals surface area contributed by atoms with Gasteiger partial charge < -0.3 is 16.0 Å². The molecule has 0 spiro atoms. The van der Waals surface area contributed by atoms with Crippen LogP contribution >= 0.6 is 35.0 Å². The third-order valence-electron chi connectivity index (χ3n) is 6.46. The molecule has 0 aliphatic carbocycles. The largest absolute Gasteiger partial charge is 0.325 e. The minimum absolute atomic E-state index is 0.00425. The Morgan fingerprint density at radius 2 is 1.63 bits per heavy atom. The van der Waals surface area contributed by atoms with E-state index in [-0.39, 0.29) is 16.9 Å². The molecule has 0 radical (unpaired) electrons. The molecule has 6 nitrogen and oxygen atoms in total. The summed E-state index contributed by atoms with van der Waals surface area (Å²) >= 11 is 13.8. The summed E-state index contributed by atoms with van der Waals surface area (Å²) in [5, 5.41) is 9.03. The molecule has 0 heterocycles. The lowest BCUT2D eigenvalue weighted by Gasteiger charge is -2.17. The summed E-state index contributed by atoms with van der Waals surface area (Å²) in [5.74, 6) is -1.09. The number of aryl methyl sites for hydroxylation is 2. The molecule has 3 N–H and O–H groups in total. The average Bonchev–Trinajstić information content (AvgIpc) is 2.98. The predicted octanol–water partition coefficient (Wildman–Crippen LogP) is 8.53. The standard InChI is InChI=1S/C34H31Cl2N3O3S/c1-4-31(34(42)38-29-16-13-21(2)17-22(29)3)43-27-12-8-11-26(20-27)37-33(41)30(18-24-14-15-25(35)19-28(24)36)39-32(40)23-9-6-5-7-10-23/h5-20,31H,4H2,1-3H3,(H,37,41)(H,38,42)(H,39,40)/b30-18+. The highest BCUT2D eigenvalue weighted by molar-refractivity contribution is 8.00. The molecule has 4 aromatic carbocycles. The number of amides is 3. The molecule has 0 bridgehead atoms. The van der Waals surface area contributed by atoms with E-state index in [1.807, 2.05) is 45.0 Å². The maximum atomic E-state index is 13.5. The SMILES string of the molecule is CCC(Sc1cccc(NC(=O)/C(=C\c2ccc(Cl)cc2Cl)NC(=O)c2ccccc2)c1)C(=O)Nc1ccc(C)cc1C. The van der Waals surface area contributed by atoms with Gasteiger partial charge in [0.05, 0.1) is 5.25 Å². The van der Waals surface area contributed by atoms with Crippen molar-refractivity contribution in [1.29, 1.82) is 0 Å². The first-order valence-electron chi connectivity index (χ1n) is 13.6. The quantitative estimate of drug-likeness (QED) is 0.121. The highest BCUT2D eigenvalue weighted by Gasteiger charge is 2.20. The number of anilines is 2. The molecule has 0 aliphatic heterocycles. The Balaban J connectivity index is 1.52. The average molecular weight is 633 g/mol. The maximum Gasteiger partial charge on any atom is 0.272 e. The Bertz CT molecular complexity index is 1680. The molecular weight excluding hydrogens is 601 g/mol. The zero-order valence-corrected chi connectivity index (χ0v) is 26.2. The van der Waals surface area contributed by atoms with Crippen molar-refractivity contribution in [2.24, 2.45) is 0 Å². The number of rotatable bonds is 10. The highest BCUT2D eigenvalue weighted by Crippen LogP contribution is 2.29. The Morgan fingerprint density at radius 1 is 0.860 bits per heavy atom. The van der Waals surface area contributed by atoms with Gasteiger partial charge in [-0.25, -0.2) is 0 Å². The molecular formula is C34H31Cl2N3O3S. The van der Waals surface area contributed by atoms with Crippen LogP contribution in [0.2, 0.25) is 10.0 Å². The number of halogens is 2. The van der Waals surface area contributed by atoms with Crippen LogP contribution in [0.3, 0.4) is 0 Å². The van der Waals surface area contributed by atoms with Gasteiger partial charge in [0.25, 0.3) is 11.8 Å². The molecule has 0 aliphatic rings. The van der Waals surface area contributed by atoms with Crippen molar-refractivity contribution in [3.8, 4) is 0 Å². The van der Waals surface area contributed by atoms with Crippen molar-refractivity contribution in [3.63, 3.8) is 0 Å². The normalized spacial score (nSPS) is 11.9. The van der Waals surface area contributed by atoms with E-state index in [0.717, 1.165) is 21.7 Å². The second-order valence-corrected chi connectivity index (χ2v) is 12.0. The lowest BCUT2D eigenvalue weighted by atomic mass is 10.1. The van der Waals surface area contributed by atoms with E-state index in [1.54, 1.807) is 66.7 Å². The first-order chi connectivity index (χ1) is 20.6. The van der Waals surface area contributed by atoms with Gasteiger partial charge in [-0.1, -0.05) is 78.2 Å². The molecule has 0 fully saturated rings. The van der Waals surface area contributed by atoms with Crippen LogP contribution in [0.5, 0.6) is 0 Å². The first-order valence-corrected chi connectivity index (χ1v) is 15.3. The number of carbonyl (C=O) groups excluding carboxylic acids is 3. The molecule has 1 atom stereocenters. The first kappa shape index (κ1) is 31.9. The Kier molecular flexibility index (Phi) is 11.1. The summed E-state index contributed by atoms with van der Waals surface area (Å²) in [6.45, 7) is 5.94. The van der Waals surface area contributed by atoms with Crippen molar-refractivity contribution >= 4 is 70.1 Å². The van der Waals surface area contributed by atoms with E-state index in [9.17, 15) is 14.4 Å². The predicted molar refractivity (Wildman–Crippen MR) is 178 cm³/mol. The van der Waals surface area contributed by atoms with Crippen LogP contribution in [0.15, 0.2) is 102 Å². The number of nitrogens with one attached hydrogen (secondary N) is 3. The van der Waals surface area contributed by atoms with E-state index >= 15 is 0 Å². The minimum Gasteiger partial charge on any atom is -0.325 e. The Morgan fingerprint density at radius 3 is 2.33 bits per heavy atom. The molecule has 43 heavy (non-hydrogen) atoms. The monoisotopic (exact) mass is 631 g/mol. The summed E-state index contributed by atoms with van der Waals surface area (Å²) in [6, 6.07) is 26.6. The van der Waals surface area contributed by atoms with Gasteiger partial charge in [0, 0.05) is 31.9 Å². The third-order valence-corrected chi connectivity index (χ3v) is 8.38. The third kappa shape index (κ3) is 8.97. The zero-order valence-electron chi connectivity index (χ0n) is 23.9. The van der Waals surface area contributed by atoms with Gasteiger partial charge in [-0.05, 0) is 86.0 Å². The molecule has 9 heteroatoms. The van der Waals surface area contributed by atoms with E-state index < -0.39 is 11.8 Å². The van der Waals surface area contributed by atoms with Gasteiger partial charge in [0.15, 0.2) is 0 Å². The van der Waals surface area contributed by atoms with Gasteiger partial charge >= 0.3 is 0 Å². The van der Waals surface area contributed by atoms with Gasteiger partial charge in [0.2, 0.25) is 5.91 Å². The van der Waals surface area contributed by atoms with Crippen LogP contribution < -0.4 is 16.0 Å². The molecule has 1 unspecified atom stereocenters. The number of thioether (sulfide) groups is 1. The topological polar surface area (TPSA) is 87.3 Å². The minimum atomic E-state index is -0.544. The van der Waals surface area contributed by atoms with Crippen LogP contribution in [-0.4, -0.2) is 23.0 Å². The lowest BCUT2D eigenvalue weighted by molar-refractivity contribution is -0.116. The lowest BCUT2D eigenvalue weighted by Crippen LogP contribution is -2.30. The Labute approximate surface area is 265 Å². The second kappa shape index (κ2) is 14.9. The zero-order chi connectivity index (χ0) is 30.9. The van der Waals surface area contributed by atoms with Crippen LogP contribution in [0.25, 0.3) is 6.08 Å². The smallest absolute Gasteiger partial charge is 0.272 e. The summed E-state index contributed by atoms with van der Waals surface area (Å²) in [7, 11) is 0. The van der Waals surface area contributed by atoms with Gasteiger partial charge in [-0.2, -0.15) is 0 Å². The molecule has 0 aromatic heterocycles. The fraction of sp³-hybridized carbons (Fsp3) is 0.147. The number of carbonyl (C=O) groups is 3. The van der Waals surface area contributed by atoms with Crippen LogP contribution in [0, 0.1) is 13.8 Å². The molecule has 3 amide bonds. The fourth-order valence-corrected chi connectivity index (χ4v) is 5.69. The van der Waals surface area contributed by atoms with Crippen LogP contribution in [-0.2, 0) is 9.59 Å². The molecule has 220 valence electrons. The van der Waals surface area contributed by atoms with Crippen molar-refractivity contribution in [1.82, 2.24) is 5.32 Å². The summed E-state index contributed by atoms with van der Waals surface area (Å²) < 4.78 is 0. The molecule has 4 rings (SSSR count). The fourth-order valence-electron chi connectivity index (χ4n) is 4.22. The van der Waals surface area contributed by atoms with Gasteiger partial charge in [-0.15, -0.1) is 11.8 Å². The van der Waals surface area contributed by atoms with E-state index in [2.05, 4.69) is 16.0 Å². The Hall–Kier alpha value is -4.04. The van der Waals surface area contributed by atoms with E-state index in [4.69, 9.17) is 23.2 Å².